The molecular formula is C9H12N2O2. The highest BCUT2D eigenvalue weighted by atomic mass is 16.2. The van der Waals surface area contributed by atoms with Crippen molar-refractivity contribution in [2.75, 3.05) is 7.05 Å². The molecule has 13 heavy (non-hydrogen) atoms. The number of fused-ring (bicyclic) bond motifs is 1. The molecule has 2 heterocycles. The molecular weight excluding hydrogens is 168 g/mol. The number of carbonyl (C=O) groups is 2. The Morgan fingerprint density at radius 3 is 2.85 bits per heavy atom. The molecule has 1 atom stereocenters. The quantitative estimate of drug-likeness (QED) is 0.538. The molecule has 0 radical (unpaired) electrons. The summed E-state index contributed by atoms with van der Waals surface area (Å²) >= 11 is 0. The Morgan fingerprint density at radius 1 is 1.46 bits per heavy atom. The molecule has 1 fully saturated rings. The lowest BCUT2D eigenvalue weighted by atomic mass is 10.1. The van der Waals surface area contributed by atoms with Crippen molar-refractivity contribution in [2.24, 2.45) is 0 Å². The minimum atomic E-state index is -0.428. The lowest BCUT2D eigenvalue weighted by molar-refractivity contribution is -0.142. The van der Waals surface area contributed by atoms with Gasteiger partial charge in [-0.3, -0.25) is 14.5 Å². The number of rotatable bonds is 0. The number of amides is 2. The largest absolute Gasteiger partial charge is 0.319 e. The maximum Gasteiger partial charge on any atom is 0.249 e. The Morgan fingerprint density at radius 2 is 2.15 bits per heavy atom. The predicted octanol–water partition coefficient (Wildman–Crippen LogP) is 0.311. The van der Waals surface area contributed by atoms with Crippen LogP contribution < -0.4 is 0 Å². The fourth-order valence-corrected chi connectivity index (χ4v) is 1.91. The van der Waals surface area contributed by atoms with Crippen molar-refractivity contribution in [3.8, 4) is 0 Å². The molecule has 0 N–H and O–H groups in total. The zero-order valence-corrected chi connectivity index (χ0v) is 7.78. The molecule has 2 rings (SSSR count). The van der Waals surface area contributed by atoms with Gasteiger partial charge >= 0.3 is 0 Å². The van der Waals surface area contributed by atoms with Crippen LogP contribution >= 0.6 is 0 Å². The van der Waals surface area contributed by atoms with Crippen molar-refractivity contribution in [1.82, 2.24) is 9.80 Å². The molecule has 2 aliphatic heterocycles. The van der Waals surface area contributed by atoms with E-state index in [2.05, 4.69) is 0 Å². The first kappa shape index (κ1) is 8.29. The molecule has 1 saturated heterocycles. The third-order valence-electron chi connectivity index (χ3n) is 3.02. The third-order valence-corrected chi connectivity index (χ3v) is 3.02. The SMILES string of the molecule is CN1C(=O)C=CN2C(=O)CC[C@]12C. The molecule has 2 aliphatic rings. The van der Waals surface area contributed by atoms with Crippen LogP contribution in [0.5, 0.6) is 0 Å². The highest BCUT2D eigenvalue weighted by Gasteiger charge is 2.46. The fourth-order valence-electron chi connectivity index (χ4n) is 1.91. The van der Waals surface area contributed by atoms with E-state index in [0.717, 1.165) is 6.42 Å². The third kappa shape index (κ3) is 0.913. The van der Waals surface area contributed by atoms with Crippen LogP contribution in [0.3, 0.4) is 0 Å². The Balaban J connectivity index is 2.44. The molecule has 4 heteroatoms. The van der Waals surface area contributed by atoms with E-state index < -0.39 is 5.66 Å². The second-order valence-corrected chi connectivity index (χ2v) is 3.69. The van der Waals surface area contributed by atoms with Gasteiger partial charge in [-0.15, -0.1) is 0 Å². The van der Waals surface area contributed by atoms with Crippen molar-refractivity contribution < 1.29 is 9.59 Å². The Kier molecular flexibility index (Phi) is 1.49. The van der Waals surface area contributed by atoms with Crippen LogP contribution in [0.1, 0.15) is 19.8 Å². The maximum atomic E-state index is 11.4. The van der Waals surface area contributed by atoms with Gasteiger partial charge in [0, 0.05) is 25.7 Å². The van der Waals surface area contributed by atoms with Gasteiger partial charge in [0.05, 0.1) is 0 Å². The summed E-state index contributed by atoms with van der Waals surface area (Å²) in [5.74, 6) is 0.0616. The van der Waals surface area contributed by atoms with Gasteiger partial charge in [-0.05, 0) is 13.3 Å². The lowest BCUT2D eigenvalue weighted by Crippen LogP contribution is -2.56. The Bertz CT molecular complexity index is 311. The molecule has 0 aromatic carbocycles. The van der Waals surface area contributed by atoms with E-state index in [0.29, 0.717) is 6.42 Å². The molecule has 0 unspecified atom stereocenters. The van der Waals surface area contributed by atoms with Gasteiger partial charge in [0.1, 0.15) is 5.66 Å². The van der Waals surface area contributed by atoms with Gasteiger partial charge in [-0.1, -0.05) is 0 Å². The number of hydrogen-bond acceptors (Lipinski definition) is 2. The second kappa shape index (κ2) is 2.34. The zero-order chi connectivity index (χ0) is 9.64. The number of carbonyl (C=O) groups excluding carboxylic acids is 2. The normalized spacial score (nSPS) is 32.8. The summed E-state index contributed by atoms with van der Waals surface area (Å²) in [7, 11) is 1.73. The maximum absolute atomic E-state index is 11.4. The van der Waals surface area contributed by atoms with E-state index in [1.807, 2.05) is 6.92 Å². The van der Waals surface area contributed by atoms with Gasteiger partial charge in [0.2, 0.25) is 11.8 Å². The van der Waals surface area contributed by atoms with Crippen LogP contribution in [0.25, 0.3) is 0 Å². The van der Waals surface area contributed by atoms with Gasteiger partial charge < -0.3 is 4.90 Å². The molecule has 0 spiro atoms. The molecule has 0 saturated carbocycles. The van der Waals surface area contributed by atoms with E-state index in [1.54, 1.807) is 23.0 Å². The van der Waals surface area contributed by atoms with E-state index in [4.69, 9.17) is 0 Å². The van der Waals surface area contributed by atoms with Crippen LogP contribution in [0.4, 0.5) is 0 Å². The first-order valence-corrected chi connectivity index (χ1v) is 4.34. The summed E-state index contributed by atoms with van der Waals surface area (Å²) < 4.78 is 0. The van der Waals surface area contributed by atoms with Gasteiger partial charge in [-0.2, -0.15) is 0 Å². The molecule has 70 valence electrons. The van der Waals surface area contributed by atoms with E-state index in [1.165, 1.54) is 6.08 Å². The van der Waals surface area contributed by atoms with Crippen LogP contribution in [-0.4, -0.2) is 34.3 Å². The first-order chi connectivity index (χ1) is 6.05. The highest BCUT2D eigenvalue weighted by Crippen LogP contribution is 2.34. The standard InChI is InChI=1S/C9H12N2O2/c1-9-5-3-8(13)11(9)6-4-7(12)10(9)2/h4,6H,3,5H2,1-2H3/t9-/m1/s1. The minimum Gasteiger partial charge on any atom is -0.319 e. The van der Waals surface area contributed by atoms with Crippen molar-refractivity contribution in [2.45, 2.75) is 25.4 Å². The summed E-state index contributed by atoms with van der Waals surface area (Å²) in [6, 6.07) is 0. The van der Waals surface area contributed by atoms with Crippen LogP contribution in [0, 0.1) is 0 Å². The predicted molar refractivity (Wildman–Crippen MR) is 46.4 cm³/mol. The van der Waals surface area contributed by atoms with Gasteiger partial charge in [0.15, 0.2) is 0 Å². The summed E-state index contributed by atoms with van der Waals surface area (Å²) in [5.41, 5.74) is -0.428. The molecule has 0 aliphatic carbocycles. The van der Waals surface area contributed by atoms with Crippen LogP contribution in [0.2, 0.25) is 0 Å². The van der Waals surface area contributed by atoms with Crippen molar-refractivity contribution in [3.05, 3.63) is 12.3 Å². The van der Waals surface area contributed by atoms with E-state index in [9.17, 15) is 9.59 Å². The molecule has 0 bridgehead atoms. The van der Waals surface area contributed by atoms with Crippen molar-refractivity contribution in [1.29, 1.82) is 0 Å². The topological polar surface area (TPSA) is 40.6 Å². The van der Waals surface area contributed by atoms with E-state index >= 15 is 0 Å². The first-order valence-electron chi connectivity index (χ1n) is 4.34. The van der Waals surface area contributed by atoms with Crippen molar-refractivity contribution in [3.63, 3.8) is 0 Å². The zero-order valence-electron chi connectivity index (χ0n) is 7.78. The number of nitrogens with zero attached hydrogens (tertiary/aromatic N) is 2. The monoisotopic (exact) mass is 180 g/mol. The minimum absolute atomic E-state index is 0.0338. The lowest BCUT2D eigenvalue weighted by Gasteiger charge is -2.43. The average molecular weight is 180 g/mol. The molecule has 0 aromatic heterocycles. The molecule has 0 aromatic rings. The number of hydrogen-bond donors (Lipinski definition) is 0. The Labute approximate surface area is 76.8 Å². The molecule has 4 nitrogen and oxygen atoms in total. The Hall–Kier alpha value is -1.32. The van der Waals surface area contributed by atoms with Crippen LogP contribution in [0.15, 0.2) is 12.3 Å². The van der Waals surface area contributed by atoms with E-state index in [-0.39, 0.29) is 11.8 Å². The smallest absolute Gasteiger partial charge is 0.249 e. The summed E-state index contributed by atoms with van der Waals surface area (Å²) in [5, 5.41) is 0. The van der Waals surface area contributed by atoms with Crippen LogP contribution in [-0.2, 0) is 9.59 Å². The summed E-state index contributed by atoms with van der Waals surface area (Å²) in [4.78, 5) is 26.0. The summed E-state index contributed by atoms with van der Waals surface area (Å²) in [6.07, 6.45) is 4.28. The van der Waals surface area contributed by atoms with Gasteiger partial charge in [-0.25, -0.2) is 0 Å². The average Bonchev–Trinajstić information content (AvgIpc) is 2.39. The highest BCUT2D eigenvalue weighted by molar-refractivity contribution is 5.92. The molecule has 2 amide bonds. The summed E-state index contributed by atoms with van der Waals surface area (Å²) in [6.45, 7) is 1.92. The van der Waals surface area contributed by atoms with Gasteiger partial charge in [0.25, 0.3) is 0 Å². The van der Waals surface area contributed by atoms with Crippen molar-refractivity contribution >= 4 is 11.8 Å². The fraction of sp³-hybridized carbons (Fsp3) is 0.556. The number of likely N-dealkylation sites (N-methyl/N-ethyl adjacent to an activating group) is 1. The second-order valence-electron chi connectivity index (χ2n) is 3.69.